The Balaban J connectivity index is 1.64. The van der Waals surface area contributed by atoms with Gasteiger partial charge in [-0.2, -0.15) is 8.78 Å². The SMILES string of the molecule is O=C(NCCO)/C(=C/c1ccc(OC(F)F)cc1)NC(=O)c1ccc(OCCc2ccc(Cl)cc2)cc1. The number of hydrogen-bond donors (Lipinski definition) is 3. The number of carbonyl (C=O) groups is 2. The highest BCUT2D eigenvalue weighted by molar-refractivity contribution is 6.30. The third-order valence-electron chi connectivity index (χ3n) is 5.00. The van der Waals surface area contributed by atoms with Crippen LogP contribution < -0.4 is 20.1 Å². The van der Waals surface area contributed by atoms with Crippen molar-refractivity contribution in [3.05, 3.63) is 100 Å². The summed E-state index contributed by atoms with van der Waals surface area (Å²) < 4.78 is 34.8. The van der Waals surface area contributed by atoms with Crippen molar-refractivity contribution in [1.82, 2.24) is 10.6 Å². The molecule has 0 aliphatic carbocycles. The van der Waals surface area contributed by atoms with Gasteiger partial charge in [0.15, 0.2) is 0 Å². The van der Waals surface area contributed by atoms with E-state index in [4.69, 9.17) is 21.4 Å². The highest BCUT2D eigenvalue weighted by Crippen LogP contribution is 2.18. The van der Waals surface area contributed by atoms with Gasteiger partial charge in [-0.3, -0.25) is 9.59 Å². The van der Waals surface area contributed by atoms with Crippen molar-refractivity contribution >= 4 is 29.5 Å². The number of alkyl halides is 2. The lowest BCUT2D eigenvalue weighted by molar-refractivity contribution is -0.117. The topological polar surface area (TPSA) is 96.9 Å². The molecule has 3 N–H and O–H groups in total. The number of amides is 2. The van der Waals surface area contributed by atoms with Gasteiger partial charge in [0.05, 0.1) is 13.2 Å². The Morgan fingerprint density at radius 2 is 1.59 bits per heavy atom. The summed E-state index contributed by atoms with van der Waals surface area (Å²) in [7, 11) is 0. The Kier molecular flexibility index (Phi) is 10.4. The summed E-state index contributed by atoms with van der Waals surface area (Å²) in [6.45, 7) is -2.83. The molecule has 0 bridgehead atoms. The van der Waals surface area contributed by atoms with Gasteiger partial charge in [-0.05, 0) is 65.7 Å². The lowest BCUT2D eigenvalue weighted by atomic mass is 10.1. The van der Waals surface area contributed by atoms with Crippen LogP contribution in [0.3, 0.4) is 0 Å². The number of carbonyl (C=O) groups excluding carboxylic acids is 2. The maximum absolute atomic E-state index is 12.8. The van der Waals surface area contributed by atoms with Gasteiger partial charge in [0.2, 0.25) is 0 Å². The van der Waals surface area contributed by atoms with Crippen LogP contribution in [0.5, 0.6) is 11.5 Å². The summed E-state index contributed by atoms with van der Waals surface area (Å²) in [5.74, 6) is -0.640. The second kappa shape index (κ2) is 14.0. The van der Waals surface area contributed by atoms with E-state index in [9.17, 15) is 18.4 Å². The molecule has 3 aromatic rings. The van der Waals surface area contributed by atoms with Crippen LogP contribution in [-0.2, 0) is 11.2 Å². The third kappa shape index (κ3) is 9.21. The molecule has 10 heteroatoms. The van der Waals surface area contributed by atoms with Crippen LogP contribution >= 0.6 is 11.6 Å². The van der Waals surface area contributed by atoms with Crippen LogP contribution in [-0.4, -0.2) is 43.3 Å². The quantitative estimate of drug-likeness (QED) is 0.301. The highest BCUT2D eigenvalue weighted by atomic mass is 35.5. The molecule has 0 spiro atoms. The van der Waals surface area contributed by atoms with E-state index in [2.05, 4.69) is 15.4 Å². The van der Waals surface area contributed by atoms with Gasteiger partial charge in [-0.1, -0.05) is 35.9 Å². The summed E-state index contributed by atoms with van der Waals surface area (Å²) in [5, 5.41) is 14.7. The molecule has 3 aromatic carbocycles. The van der Waals surface area contributed by atoms with E-state index in [1.54, 1.807) is 24.3 Å². The normalized spacial score (nSPS) is 11.2. The third-order valence-corrected chi connectivity index (χ3v) is 5.25. The van der Waals surface area contributed by atoms with Crippen molar-refractivity contribution < 1.29 is 33.0 Å². The highest BCUT2D eigenvalue weighted by Gasteiger charge is 2.15. The van der Waals surface area contributed by atoms with Gasteiger partial charge in [-0.15, -0.1) is 0 Å². The first kappa shape index (κ1) is 27.6. The number of aliphatic hydroxyl groups is 1. The number of nitrogens with one attached hydrogen (secondary N) is 2. The summed E-state index contributed by atoms with van der Waals surface area (Å²) in [4.78, 5) is 25.3. The smallest absolute Gasteiger partial charge is 0.387 e. The molecule has 0 unspecified atom stereocenters. The first-order valence-electron chi connectivity index (χ1n) is 11.3. The number of hydrogen-bond acceptors (Lipinski definition) is 5. The van der Waals surface area contributed by atoms with E-state index in [-0.39, 0.29) is 30.2 Å². The van der Waals surface area contributed by atoms with Crippen molar-refractivity contribution in [1.29, 1.82) is 0 Å². The lowest BCUT2D eigenvalue weighted by Gasteiger charge is -2.12. The van der Waals surface area contributed by atoms with Crippen molar-refractivity contribution in [3.8, 4) is 11.5 Å². The monoisotopic (exact) mass is 530 g/mol. The zero-order valence-corrected chi connectivity index (χ0v) is 20.4. The van der Waals surface area contributed by atoms with E-state index in [1.165, 1.54) is 30.3 Å². The van der Waals surface area contributed by atoms with Gasteiger partial charge in [0, 0.05) is 23.6 Å². The summed E-state index contributed by atoms with van der Waals surface area (Å²) in [5.41, 5.74) is 1.73. The number of rotatable bonds is 12. The number of benzene rings is 3. The van der Waals surface area contributed by atoms with Crippen LogP contribution in [0.1, 0.15) is 21.5 Å². The van der Waals surface area contributed by atoms with Crippen LogP contribution in [0, 0.1) is 0 Å². The Labute approximate surface area is 217 Å². The predicted octanol–water partition coefficient (Wildman–Crippen LogP) is 4.44. The zero-order chi connectivity index (χ0) is 26.6. The van der Waals surface area contributed by atoms with E-state index in [0.717, 1.165) is 5.56 Å². The van der Waals surface area contributed by atoms with Crippen molar-refractivity contribution in [3.63, 3.8) is 0 Å². The van der Waals surface area contributed by atoms with E-state index in [0.29, 0.717) is 29.4 Å². The van der Waals surface area contributed by atoms with Crippen molar-refractivity contribution in [2.24, 2.45) is 0 Å². The minimum absolute atomic E-state index is 0.0186. The fourth-order valence-corrected chi connectivity index (χ4v) is 3.30. The Morgan fingerprint density at radius 3 is 2.22 bits per heavy atom. The molecule has 3 rings (SSSR count). The maximum Gasteiger partial charge on any atom is 0.387 e. The van der Waals surface area contributed by atoms with Gasteiger partial charge in [0.1, 0.15) is 17.2 Å². The maximum atomic E-state index is 12.8. The standard InChI is InChI=1S/C27H25ClF2N2O5/c28-21-7-1-18(2-8-21)13-16-36-22-11-5-20(6-12-22)25(34)32-24(26(35)31-14-15-33)17-19-3-9-23(10-4-19)37-27(29)30/h1-12,17,27,33H,13-16H2,(H,31,35)(H,32,34)/b24-17-. The minimum Gasteiger partial charge on any atom is -0.493 e. The van der Waals surface area contributed by atoms with Crippen LogP contribution in [0.25, 0.3) is 6.08 Å². The zero-order valence-electron chi connectivity index (χ0n) is 19.6. The summed E-state index contributed by atoms with van der Waals surface area (Å²) in [6, 6.07) is 19.4. The Morgan fingerprint density at radius 1 is 0.946 bits per heavy atom. The van der Waals surface area contributed by atoms with Crippen molar-refractivity contribution in [2.75, 3.05) is 19.8 Å². The molecule has 0 aliphatic heterocycles. The number of aliphatic hydroxyl groups excluding tert-OH is 1. The Bertz CT molecular complexity index is 1200. The fraction of sp³-hybridized carbons (Fsp3) is 0.185. The van der Waals surface area contributed by atoms with Crippen molar-refractivity contribution in [2.45, 2.75) is 13.0 Å². The van der Waals surface area contributed by atoms with E-state index < -0.39 is 18.4 Å². The molecule has 194 valence electrons. The van der Waals surface area contributed by atoms with E-state index >= 15 is 0 Å². The molecule has 2 amide bonds. The molecule has 0 aliphatic rings. The molecule has 0 fully saturated rings. The molecule has 0 saturated heterocycles. The largest absolute Gasteiger partial charge is 0.493 e. The predicted molar refractivity (Wildman–Crippen MR) is 136 cm³/mol. The molecule has 0 radical (unpaired) electrons. The Hall–Kier alpha value is -3.95. The molecule has 7 nitrogen and oxygen atoms in total. The summed E-state index contributed by atoms with van der Waals surface area (Å²) in [6.07, 6.45) is 2.07. The van der Waals surface area contributed by atoms with Gasteiger partial charge in [0.25, 0.3) is 11.8 Å². The van der Waals surface area contributed by atoms with Gasteiger partial charge in [-0.25, -0.2) is 0 Å². The second-order valence-electron chi connectivity index (χ2n) is 7.69. The number of halogens is 3. The minimum atomic E-state index is -2.96. The first-order valence-corrected chi connectivity index (χ1v) is 11.7. The lowest BCUT2D eigenvalue weighted by Crippen LogP contribution is -2.36. The second-order valence-corrected chi connectivity index (χ2v) is 8.12. The fourth-order valence-electron chi connectivity index (χ4n) is 3.17. The summed E-state index contributed by atoms with van der Waals surface area (Å²) >= 11 is 5.89. The molecule has 0 aromatic heterocycles. The van der Waals surface area contributed by atoms with Crippen LogP contribution in [0.15, 0.2) is 78.5 Å². The first-order chi connectivity index (χ1) is 17.8. The van der Waals surface area contributed by atoms with E-state index in [1.807, 2.05) is 24.3 Å². The molecule has 37 heavy (non-hydrogen) atoms. The average Bonchev–Trinajstić information content (AvgIpc) is 2.89. The molecular weight excluding hydrogens is 506 g/mol. The van der Waals surface area contributed by atoms with Crippen LogP contribution in [0.4, 0.5) is 8.78 Å². The molecule has 0 atom stereocenters. The van der Waals surface area contributed by atoms with Gasteiger partial charge >= 0.3 is 6.61 Å². The number of ether oxygens (including phenoxy) is 2. The average molecular weight is 531 g/mol. The van der Waals surface area contributed by atoms with Crippen LogP contribution in [0.2, 0.25) is 5.02 Å². The molecule has 0 saturated carbocycles. The molecular formula is C27H25ClF2N2O5. The molecule has 0 heterocycles. The van der Waals surface area contributed by atoms with Gasteiger partial charge < -0.3 is 25.2 Å².